The zero-order chi connectivity index (χ0) is 14.5. The maximum Gasteiger partial charge on any atom is 0.238 e. The third kappa shape index (κ3) is 5.28. The minimum absolute atomic E-state index is 0.0426. The summed E-state index contributed by atoms with van der Waals surface area (Å²) >= 11 is 0. The second-order valence-electron chi connectivity index (χ2n) is 4.69. The van der Waals surface area contributed by atoms with E-state index in [1.165, 1.54) is 12.1 Å². The number of benzene rings is 1. The molecule has 0 aliphatic carbocycles. The Kier molecular flexibility index (Phi) is 5.93. The molecule has 0 fully saturated rings. The van der Waals surface area contributed by atoms with Gasteiger partial charge in [-0.15, -0.1) is 0 Å². The molecule has 1 rings (SSSR count). The first-order valence-electron chi connectivity index (χ1n) is 6.38. The van der Waals surface area contributed by atoms with Crippen LogP contribution in [-0.2, 0) is 10.0 Å². The molecule has 0 saturated heterocycles. The Morgan fingerprint density at radius 3 is 2.37 bits per heavy atom. The number of aliphatic hydroxyl groups is 1. The Labute approximate surface area is 114 Å². The van der Waals surface area contributed by atoms with Crippen LogP contribution >= 0.6 is 0 Å². The van der Waals surface area contributed by atoms with Crippen molar-refractivity contribution in [3.05, 3.63) is 29.8 Å². The molecule has 0 aliphatic heterocycles. The fourth-order valence-corrected chi connectivity index (χ4v) is 2.33. The van der Waals surface area contributed by atoms with Crippen molar-refractivity contribution < 1.29 is 13.5 Å². The van der Waals surface area contributed by atoms with Gasteiger partial charge in [-0.3, -0.25) is 0 Å². The van der Waals surface area contributed by atoms with Crippen LogP contribution in [0.25, 0.3) is 0 Å². The molecule has 0 heterocycles. The van der Waals surface area contributed by atoms with Crippen molar-refractivity contribution in [2.75, 3.05) is 6.54 Å². The summed E-state index contributed by atoms with van der Waals surface area (Å²) in [6, 6.07) is 6.48. The number of hydrogen-bond donors (Lipinski definition) is 3. The Morgan fingerprint density at radius 2 is 1.89 bits per heavy atom. The van der Waals surface area contributed by atoms with Gasteiger partial charge in [-0.2, -0.15) is 0 Å². The molecule has 2 unspecified atom stereocenters. The van der Waals surface area contributed by atoms with Crippen molar-refractivity contribution in [3.63, 3.8) is 0 Å². The molecule has 19 heavy (non-hydrogen) atoms. The third-order valence-electron chi connectivity index (χ3n) is 2.99. The SMILES string of the molecule is CCCC(O)CNC(C)c1ccc(S(N)(=O)=O)cc1. The van der Waals surface area contributed by atoms with Crippen molar-refractivity contribution in [3.8, 4) is 0 Å². The molecular weight excluding hydrogens is 264 g/mol. The molecule has 4 N–H and O–H groups in total. The number of rotatable bonds is 7. The summed E-state index contributed by atoms with van der Waals surface area (Å²) in [6.45, 7) is 4.51. The summed E-state index contributed by atoms with van der Waals surface area (Å²) in [4.78, 5) is 0.106. The maximum absolute atomic E-state index is 11.1. The Bertz CT molecular complexity index is 485. The Morgan fingerprint density at radius 1 is 1.32 bits per heavy atom. The molecule has 2 atom stereocenters. The van der Waals surface area contributed by atoms with Crippen molar-refractivity contribution in [1.82, 2.24) is 5.32 Å². The van der Waals surface area contributed by atoms with Gasteiger partial charge in [-0.25, -0.2) is 13.6 Å². The number of sulfonamides is 1. The minimum Gasteiger partial charge on any atom is -0.392 e. The molecule has 0 spiro atoms. The molecule has 0 amide bonds. The topological polar surface area (TPSA) is 92.4 Å². The van der Waals surface area contributed by atoms with Crippen LogP contribution in [0.2, 0.25) is 0 Å². The van der Waals surface area contributed by atoms with Crippen molar-refractivity contribution in [2.24, 2.45) is 5.14 Å². The first kappa shape index (κ1) is 16.1. The van der Waals surface area contributed by atoms with Crippen LogP contribution in [0.1, 0.15) is 38.3 Å². The van der Waals surface area contributed by atoms with Gasteiger partial charge < -0.3 is 10.4 Å². The number of hydrogen-bond acceptors (Lipinski definition) is 4. The van der Waals surface area contributed by atoms with E-state index >= 15 is 0 Å². The van der Waals surface area contributed by atoms with Crippen LogP contribution in [0.3, 0.4) is 0 Å². The molecule has 0 saturated carbocycles. The molecule has 0 radical (unpaired) electrons. The summed E-state index contributed by atoms with van der Waals surface area (Å²) in [5.41, 5.74) is 0.955. The average Bonchev–Trinajstić information content (AvgIpc) is 2.35. The van der Waals surface area contributed by atoms with Gasteiger partial charge in [0.1, 0.15) is 0 Å². The zero-order valence-electron chi connectivity index (χ0n) is 11.3. The van der Waals surface area contributed by atoms with Gasteiger partial charge in [0, 0.05) is 12.6 Å². The van der Waals surface area contributed by atoms with Crippen molar-refractivity contribution >= 4 is 10.0 Å². The van der Waals surface area contributed by atoms with E-state index in [9.17, 15) is 13.5 Å². The summed E-state index contributed by atoms with van der Waals surface area (Å²) in [5.74, 6) is 0. The first-order chi connectivity index (χ1) is 8.84. The number of nitrogens with two attached hydrogens (primary N) is 1. The lowest BCUT2D eigenvalue weighted by Gasteiger charge is -2.17. The fraction of sp³-hybridized carbons (Fsp3) is 0.538. The van der Waals surface area contributed by atoms with E-state index < -0.39 is 10.0 Å². The second-order valence-corrected chi connectivity index (χ2v) is 6.25. The van der Waals surface area contributed by atoms with Gasteiger partial charge >= 0.3 is 0 Å². The van der Waals surface area contributed by atoms with E-state index in [1.807, 2.05) is 13.8 Å². The highest BCUT2D eigenvalue weighted by Gasteiger charge is 2.11. The highest BCUT2D eigenvalue weighted by molar-refractivity contribution is 7.89. The molecule has 6 heteroatoms. The van der Waals surface area contributed by atoms with Gasteiger partial charge in [0.2, 0.25) is 10.0 Å². The van der Waals surface area contributed by atoms with E-state index in [4.69, 9.17) is 5.14 Å². The van der Waals surface area contributed by atoms with Crippen LogP contribution < -0.4 is 10.5 Å². The first-order valence-corrected chi connectivity index (χ1v) is 7.93. The standard InChI is InChI=1S/C13H22N2O3S/c1-3-4-12(16)9-15-10(2)11-5-7-13(8-6-11)19(14,17)18/h5-8,10,12,15-16H,3-4,9H2,1-2H3,(H2,14,17,18). The van der Waals surface area contributed by atoms with E-state index in [1.54, 1.807) is 12.1 Å². The summed E-state index contributed by atoms with van der Waals surface area (Å²) < 4.78 is 22.3. The molecule has 5 nitrogen and oxygen atoms in total. The molecule has 1 aromatic carbocycles. The third-order valence-corrected chi connectivity index (χ3v) is 3.92. The highest BCUT2D eigenvalue weighted by atomic mass is 32.2. The molecule has 1 aromatic rings. The fourth-order valence-electron chi connectivity index (χ4n) is 1.81. The Hall–Kier alpha value is -0.950. The highest BCUT2D eigenvalue weighted by Crippen LogP contribution is 2.15. The van der Waals surface area contributed by atoms with Gasteiger partial charge in [-0.05, 0) is 31.0 Å². The predicted molar refractivity (Wildman–Crippen MR) is 75.1 cm³/mol. The lowest BCUT2D eigenvalue weighted by Crippen LogP contribution is -2.29. The number of nitrogens with one attached hydrogen (secondary N) is 1. The smallest absolute Gasteiger partial charge is 0.238 e. The summed E-state index contributed by atoms with van der Waals surface area (Å²) in [7, 11) is -3.64. The number of aliphatic hydroxyl groups excluding tert-OH is 1. The summed E-state index contributed by atoms with van der Waals surface area (Å²) in [5, 5.41) is 17.9. The lowest BCUT2D eigenvalue weighted by atomic mass is 10.1. The molecule has 108 valence electrons. The van der Waals surface area contributed by atoms with Gasteiger partial charge in [0.25, 0.3) is 0 Å². The number of primary sulfonamides is 1. The normalized spacial score (nSPS) is 15.2. The van der Waals surface area contributed by atoms with Crippen LogP contribution in [0.4, 0.5) is 0 Å². The van der Waals surface area contributed by atoms with Gasteiger partial charge in [0.15, 0.2) is 0 Å². The van der Waals surface area contributed by atoms with Crippen LogP contribution in [0.5, 0.6) is 0 Å². The van der Waals surface area contributed by atoms with Crippen molar-refractivity contribution in [2.45, 2.75) is 43.7 Å². The second kappa shape index (κ2) is 7.00. The van der Waals surface area contributed by atoms with Crippen LogP contribution in [0.15, 0.2) is 29.2 Å². The molecule has 0 aromatic heterocycles. The monoisotopic (exact) mass is 286 g/mol. The zero-order valence-corrected chi connectivity index (χ0v) is 12.2. The molecule has 0 aliphatic rings. The van der Waals surface area contributed by atoms with Crippen LogP contribution in [-0.4, -0.2) is 26.2 Å². The van der Waals surface area contributed by atoms with Crippen molar-refractivity contribution in [1.29, 1.82) is 0 Å². The Balaban J connectivity index is 2.61. The molecule has 0 bridgehead atoms. The minimum atomic E-state index is -3.64. The van der Waals surface area contributed by atoms with Gasteiger partial charge in [-0.1, -0.05) is 25.5 Å². The van der Waals surface area contributed by atoms with E-state index in [-0.39, 0.29) is 17.0 Å². The quantitative estimate of drug-likeness (QED) is 0.701. The average molecular weight is 286 g/mol. The summed E-state index contributed by atoms with van der Waals surface area (Å²) in [6.07, 6.45) is 1.36. The molecular formula is C13H22N2O3S. The predicted octanol–water partition coefficient (Wildman–Crippen LogP) is 1.15. The van der Waals surface area contributed by atoms with E-state index in [0.717, 1.165) is 18.4 Å². The largest absolute Gasteiger partial charge is 0.392 e. The van der Waals surface area contributed by atoms with E-state index in [0.29, 0.717) is 6.54 Å². The van der Waals surface area contributed by atoms with Gasteiger partial charge in [0.05, 0.1) is 11.0 Å². The van der Waals surface area contributed by atoms with E-state index in [2.05, 4.69) is 5.32 Å². The lowest BCUT2D eigenvalue weighted by molar-refractivity contribution is 0.157. The maximum atomic E-state index is 11.1. The van der Waals surface area contributed by atoms with Crippen LogP contribution in [0, 0.1) is 0 Å².